The van der Waals surface area contributed by atoms with E-state index in [1.807, 2.05) is 12.1 Å². The number of hydrogen-bond donors (Lipinski definition) is 1. The Hall–Kier alpha value is -1.74. The normalized spacial score (nSPS) is 12.4. The summed E-state index contributed by atoms with van der Waals surface area (Å²) in [5.74, 6) is -1.37. The first-order valence-corrected chi connectivity index (χ1v) is 6.83. The molecular weight excluding hydrogens is 258 g/mol. The number of halogens is 2. The molecule has 0 heterocycles. The van der Waals surface area contributed by atoms with Gasteiger partial charge in [-0.15, -0.1) is 0 Å². The molecule has 20 heavy (non-hydrogen) atoms. The summed E-state index contributed by atoms with van der Waals surface area (Å²) in [6, 6.07) is 10.7. The molecule has 0 amide bonds. The van der Waals surface area contributed by atoms with E-state index in [0.717, 1.165) is 31.4 Å². The van der Waals surface area contributed by atoms with Crippen molar-refractivity contribution in [2.75, 3.05) is 0 Å². The molecule has 2 aromatic carbocycles. The van der Waals surface area contributed by atoms with Gasteiger partial charge < -0.3 is 5.11 Å². The molecule has 0 aliphatic carbocycles. The molecule has 0 saturated carbocycles. The molecule has 0 aromatic heterocycles. The lowest BCUT2D eigenvalue weighted by atomic mass is 9.98. The molecule has 2 aromatic rings. The Balaban J connectivity index is 2.18. The highest BCUT2D eigenvalue weighted by atomic mass is 19.1. The number of rotatable bonds is 5. The van der Waals surface area contributed by atoms with Gasteiger partial charge in [0.15, 0.2) is 0 Å². The van der Waals surface area contributed by atoms with Crippen molar-refractivity contribution in [3.63, 3.8) is 0 Å². The first-order chi connectivity index (χ1) is 9.61. The lowest BCUT2D eigenvalue weighted by molar-refractivity contribution is 0.214. The van der Waals surface area contributed by atoms with Gasteiger partial charge in [0.25, 0.3) is 0 Å². The Morgan fingerprint density at radius 2 is 1.75 bits per heavy atom. The molecule has 106 valence electrons. The molecular formula is C17H18F2O. The summed E-state index contributed by atoms with van der Waals surface area (Å²) < 4.78 is 26.5. The van der Waals surface area contributed by atoms with Crippen molar-refractivity contribution >= 4 is 0 Å². The zero-order valence-electron chi connectivity index (χ0n) is 11.4. The highest BCUT2D eigenvalue weighted by molar-refractivity contribution is 5.32. The lowest BCUT2D eigenvalue weighted by Crippen LogP contribution is -2.03. The van der Waals surface area contributed by atoms with Crippen LogP contribution in [0.4, 0.5) is 8.78 Å². The van der Waals surface area contributed by atoms with Crippen LogP contribution in [-0.4, -0.2) is 5.11 Å². The number of aliphatic hydroxyl groups is 1. The highest BCUT2D eigenvalue weighted by Gasteiger charge is 2.15. The standard InChI is InChI=1S/C17H18F2O/c1-2-3-4-12-5-7-13(8-6-12)17(20)15-10-9-14(18)11-16(15)19/h5-11,17,20H,2-4H2,1H3. The predicted octanol–water partition coefficient (Wildman–Crippen LogP) is 4.39. The Morgan fingerprint density at radius 3 is 2.35 bits per heavy atom. The van der Waals surface area contributed by atoms with Crippen molar-refractivity contribution in [3.05, 3.63) is 70.8 Å². The van der Waals surface area contributed by atoms with Crippen molar-refractivity contribution < 1.29 is 13.9 Å². The molecule has 0 spiro atoms. The van der Waals surface area contributed by atoms with E-state index < -0.39 is 17.7 Å². The van der Waals surface area contributed by atoms with Crippen molar-refractivity contribution in [2.24, 2.45) is 0 Å². The first kappa shape index (κ1) is 14.7. The van der Waals surface area contributed by atoms with Gasteiger partial charge in [0.2, 0.25) is 0 Å². The summed E-state index contributed by atoms with van der Waals surface area (Å²) in [6.07, 6.45) is 2.17. The highest BCUT2D eigenvalue weighted by Crippen LogP contribution is 2.25. The van der Waals surface area contributed by atoms with Crippen LogP contribution in [0.25, 0.3) is 0 Å². The SMILES string of the molecule is CCCCc1ccc(C(O)c2ccc(F)cc2F)cc1. The molecule has 0 aliphatic rings. The first-order valence-electron chi connectivity index (χ1n) is 6.83. The number of aryl methyl sites for hydroxylation is 1. The molecule has 0 bridgehead atoms. The number of aliphatic hydroxyl groups excluding tert-OH is 1. The van der Waals surface area contributed by atoms with Gasteiger partial charge in [-0.05, 0) is 30.0 Å². The predicted molar refractivity (Wildman–Crippen MR) is 75.5 cm³/mol. The molecule has 1 nitrogen and oxygen atoms in total. The van der Waals surface area contributed by atoms with Crippen LogP contribution >= 0.6 is 0 Å². The third kappa shape index (κ3) is 3.42. The Kier molecular flexibility index (Phi) is 4.85. The minimum atomic E-state index is -1.07. The summed E-state index contributed by atoms with van der Waals surface area (Å²) in [5, 5.41) is 10.2. The minimum absolute atomic E-state index is 0.0905. The third-order valence-electron chi connectivity index (χ3n) is 3.37. The average molecular weight is 276 g/mol. The van der Waals surface area contributed by atoms with E-state index >= 15 is 0 Å². The molecule has 1 N–H and O–H groups in total. The summed E-state index contributed by atoms with van der Waals surface area (Å²) in [5.41, 5.74) is 1.89. The van der Waals surface area contributed by atoms with Gasteiger partial charge in [-0.3, -0.25) is 0 Å². The van der Waals surface area contributed by atoms with Crippen molar-refractivity contribution in [1.82, 2.24) is 0 Å². The topological polar surface area (TPSA) is 20.2 Å². The molecule has 0 aliphatic heterocycles. The third-order valence-corrected chi connectivity index (χ3v) is 3.37. The van der Waals surface area contributed by atoms with E-state index in [-0.39, 0.29) is 5.56 Å². The van der Waals surface area contributed by atoms with Crippen LogP contribution in [0, 0.1) is 11.6 Å². The summed E-state index contributed by atoms with van der Waals surface area (Å²) >= 11 is 0. The van der Waals surface area contributed by atoms with Gasteiger partial charge in [0.05, 0.1) is 0 Å². The van der Waals surface area contributed by atoms with Gasteiger partial charge in [0.1, 0.15) is 17.7 Å². The Bertz CT molecular complexity index is 564. The van der Waals surface area contributed by atoms with E-state index in [2.05, 4.69) is 6.92 Å². The summed E-state index contributed by atoms with van der Waals surface area (Å²) in [4.78, 5) is 0. The monoisotopic (exact) mass is 276 g/mol. The smallest absolute Gasteiger partial charge is 0.132 e. The summed E-state index contributed by atoms with van der Waals surface area (Å²) in [6.45, 7) is 2.13. The molecule has 0 saturated heterocycles. The van der Waals surface area contributed by atoms with E-state index in [1.165, 1.54) is 11.6 Å². The maximum Gasteiger partial charge on any atom is 0.132 e. The van der Waals surface area contributed by atoms with Gasteiger partial charge in [-0.25, -0.2) is 8.78 Å². The van der Waals surface area contributed by atoms with Crippen LogP contribution in [-0.2, 0) is 6.42 Å². The van der Waals surface area contributed by atoms with Crippen LogP contribution in [0.15, 0.2) is 42.5 Å². The quantitative estimate of drug-likeness (QED) is 0.858. The largest absolute Gasteiger partial charge is 0.384 e. The fourth-order valence-corrected chi connectivity index (χ4v) is 2.15. The second-order valence-corrected chi connectivity index (χ2v) is 4.91. The van der Waals surface area contributed by atoms with Crippen molar-refractivity contribution in [1.29, 1.82) is 0 Å². The Labute approximate surface area is 117 Å². The Morgan fingerprint density at radius 1 is 1.05 bits per heavy atom. The van der Waals surface area contributed by atoms with E-state index in [4.69, 9.17) is 0 Å². The maximum atomic E-state index is 13.6. The number of hydrogen-bond acceptors (Lipinski definition) is 1. The van der Waals surface area contributed by atoms with E-state index in [1.54, 1.807) is 12.1 Å². The summed E-state index contributed by atoms with van der Waals surface area (Å²) in [7, 11) is 0. The van der Waals surface area contributed by atoms with Gasteiger partial charge in [-0.2, -0.15) is 0 Å². The van der Waals surface area contributed by atoms with Gasteiger partial charge in [-0.1, -0.05) is 43.7 Å². The minimum Gasteiger partial charge on any atom is -0.384 e. The average Bonchev–Trinajstić information content (AvgIpc) is 2.45. The van der Waals surface area contributed by atoms with Crippen LogP contribution in [0.5, 0.6) is 0 Å². The van der Waals surface area contributed by atoms with E-state index in [0.29, 0.717) is 5.56 Å². The lowest BCUT2D eigenvalue weighted by Gasteiger charge is -2.13. The number of benzene rings is 2. The van der Waals surface area contributed by atoms with Crippen molar-refractivity contribution in [3.8, 4) is 0 Å². The zero-order valence-corrected chi connectivity index (χ0v) is 11.4. The fraction of sp³-hybridized carbons (Fsp3) is 0.294. The van der Waals surface area contributed by atoms with Crippen LogP contribution < -0.4 is 0 Å². The van der Waals surface area contributed by atoms with Crippen LogP contribution in [0.3, 0.4) is 0 Å². The molecule has 1 unspecified atom stereocenters. The second-order valence-electron chi connectivity index (χ2n) is 4.91. The molecule has 3 heteroatoms. The fourth-order valence-electron chi connectivity index (χ4n) is 2.15. The molecule has 0 fully saturated rings. The van der Waals surface area contributed by atoms with E-state index in [9.17, 15) is 13.9 Å². The molecule has 1 atom stereocenters. The second kappa shape index (κ2) is 6.62. The van der Waals surface area contributed by atoms with Crippen molar-refractivity contribution in [2.45, 2.75) is 32.3 Å². The van der Waals surface area contributed by atoms with Gasteiger partial charge in [0, 0.05) is 11.6 Å². The van der Waals surface area contributed by atoms with Crippen LogP contribution in [0.2, 0.25) is 0 Å². The zero-order chi connectivity index (χ0) is 14.5. The molecule has 0 radical (unpaired) electrons. The van der Waals surface area contributed by atoms with Crippen LogP contribution in [0.1, 0.15) is 42.6 Å². The number of unbranched alkanes of at least 4 members (excludes halogenated alkanes) is 1. The molecule has 2 rings (SSSR count). The van der Waals surface area contributed by atoms with Gasteiger partial charge >= 0.3 is 0 Å². The maximum absolute atomic E-state index is 13.6.